The van der Waals surface area contributed by atoms with E-state index in [-0.39, 0.29) is 39.2 Å². The van der Waals surface area contributed by atoms with Gasteiger partial charge in [-0.05, 0) is 194 Å². The number of fused-ring (bicyclic) bond motifs is 10. The average Bonchev–Trinajstić information content (AvgIpc) is 3.71. The largest absolute Gasteiger partial charge is 0.311 e. The molecule has 0 N–H and O–H groups in total. The third-order valence-corrected chi connectivity index (χ3v) is 18.7. The first-order chi connectivity index (χ1) is 31.7. The highest BCUT2D eigenvalue weighted by molar-refractivity contribution is 7.25. The average molecular weight is 874 g/mol. The second-order valence-electron chi connectivity index (χ2n) is 24.9. The van der Waals surface area contributed by atoms with Crippen molar-refractivity contribution in [2.75, 3.05) is 9.80 Å². The Morgan fingerprint density at radius 3 is 1.55 bits per heavy atom. The summed E-state index contributed by atoms with van der Waals surface area (Å²) in [5.41, 5.74) is 20.3. The van der Waals surface area contributed by atoms with E-state index in [0.29, 0.717) is 5.56 Å². The van der Waals surface area contributed by atoms with Crippen molar-refractivity contribution in [3.8, 4) is 0 Å². The Labute approximate surface area is 397 Å². The maximum Gasteiger partial charge on any atom is 0.252 e. The molecule has 0 spiro atoms. The predicted octanol–water partition coefficient (Wildman–Crippen LogP) is 15.4. The van der Waals surface area contributed by atoms with Gasteiger partial charge in [0.1, 0.15) is 0 Å². The third kappa shape index (κ3) is 5.77. The van der Waals surface area contributed by atoms with Gasteiger partial charge in [0.15, 0.2) is 0 Å². The zero-order valence-corrected chi connectivity index (χ0v) is 41.9. The summed E-state index contributed by atoms with van der Waals surface area (Å²) >= 11 is 1.84. The summed E-state index contributed by atoms with van der Waals surface area (Å²) in [6.07, 6.45) is 5.55. The highest BCUT2D eigenvalue weighted by atomic mass is 32.1. The van der Waals surface area contributed by atoms with Gasteiger partial charge in [0.25, 0.3) is 6.71 Å². The Kier molecular flexibility index (Phi) is 7.67. The second-order valence-corrected chi connectivity index (χ2v) is 26.0. The molecule has 0 saturated carbocycles. The van der Waals surface area contributed by atoms with Crippen LogP contribution >= 0.6 is 11.3 Å². The highest BCUT2D eigenvalue weighted by Gasteiger charge is 2.50. The molecule has 6 aromatic carbocycles. The molecule has 3 heterocycles. The molecule has 330 valence electrons. The van der Waals surface area contributed by atoms with Crippen LogP contribution in [-0.2, 0) is 32.5 Å². The summed E-state index contributed by atoms with van der Waals surface area (Å²) in [7, 11) is 0. The summed E-state index contributed by atoms with van der Waals surface area (Å²) in [6, 6.07) is 35.1. The fourth-order valence-electron chi connectivity index (χ4n) is 13.9. The number of hydrogen-bond acceptors (Lipinski definition) is 3. The van der Waals surface area contributed by atoms with Crippen LogP contribution in [0.3, 0.4) is 0 Å². The van der Waals surface area contributed by atoms with E-state index in [1.807, 2.05) is 17.4 Å². The summed E-state index contributed by atoms with van der Waals surface area (Å²) in [5, 5.41) is 2.49. The molecule has 0 atom stereocenters. The third-order valence-electron chi connectivity index (χ3n) is 17.5. The topological polar surface area (TPSA) is 6.48 Å². The summed E-state index contributed by atoms with van der Waals surface area (Å²) in [4.78, 5) is 5.00. The van der Waals surface area contributed by atoms with E-state index in [4.69, 9.17) is 0 Å². The second kappa shape index (κ2) is 13.0. The van der Waals surface area contributed by atoms with E-state index < -0.39 is 6.85 Å². The lowest BCUT2D eigenvalue weighted by molar-refractivity contribution is 0.332. The smallest absolute Gasteiger partial charge is 0.252 e. The maximum atomic E-state index is 9.22. The van der Waals surface area contributed by atoms with Gasteiger partial charge < -0.3 is 9.80 Å². The van der Waals surface area contributed by atoms with Crippen molar-refractivity contribution in [2.45, 2.75) is 161 Å². The minimum atomic E-state index is -2.35. The van der Waals surface area contributed by atoms with Crippen LogP contribution in [0.1, 0.15) is 164 Å². The quantitative estimate of drug-likeness (QED) is 0.160. The summed E-state index contributed by atoms with van der Waals surface area (Å²) in [5.74, 6) is 0. The molecule has 65 heavy (non-hydrogen) atoms. The molecule has 7 aromatic rings. The van der Waals surface area contributed by atoms with E-state index in [2.05, 4.69) is 185 Å². The Bertz CT molecular complexity index is 3360. The van der Waals surface area contributed by atoms with Crippen LogP contribution in [0, 0.1) is 13.8 Å². The number of benzene rings is 6. The van der Waals surface area contributed by atoms with E-state index in [1.165, 1.54) is 81.2 Å². The zero-order valence-electron chi connectivity index (χ0n) is 44.1. The molecular formula is C61H67BN2S. The number of nitrogens with zero attached hydrogens (tertiary/aromatic N) is 2. The van der Waals surface area contributed by atoms with Crippen LogP contribution in [0.25, 0.3) is 20.2 Å². The number of rotatable bonds is 2. The molecule has 5 aliphatic rings. The van der Waals surface area contributed by atoms with Crippen LogP contribution in [0.2, 0.25) is 0 Å². The fourth-order valence-corrected chi connectivity index (χ4v) is 14.9. The molecule has 2 aliphatic heterocycles. The van der Waals surface area contributed by atoms with Gasteiger partial charge in [0, 0.05) is 58.4 Å². The molecule has 3 aliphatic carbocycles. The Morgan fingerprint density at radius 1 is 0.477 bits per heavy atom. The minimum Gasteiger partial charge on any atom is -0.311 e. The lowest BCUT2D eigenvalue weighted by Crippen LogP contribution is -2.62. The van der Waals surface area contributed by atoms with Crippen molar-refractivity contribution in [2.24, 2.45) is 0 Å². The molecule has 1 aromatic heterocycles. The van der Waals surface area contributed by atoms with Gasteiger partial charge in [-0.25, -0.2) is 0 Å². The van der Waals surface area contributed by atoms with E-state index in [9.17, 15) is 4.11 Å². The number of hydrogen-bond donors (Lipinski definition) is 0. The van der Waals surface area contributed by atoms with Crippen LogP contribution in [-0.4, -0.2) is 6.71 Å². The van der Waals surface area contributed by atoms with Crippen molar-refractivity contribution in [1.29, 1.82) is 0 Å². The molecule has 2 nitrogen and oxygen atoms in total. The maximum absolute atomic E-state index is 9.22. The van der Waals surface area contributed by atoms with Crippen molar-refractivity contribution < 1.29 is 4.11 Å². The minimum absolute atomic E-state index is 0.0122. The first-order valence-electron chi connectivity index (χ1n) is 25.9. The summed E-state index contributed by atoms with van der Waals surface area (Å²) < 4.78 is 30.2. The van der Waals surface area contributed by atoms with Gasteiger partial charge in [0.2, 0.25) is 0 Å². The first kappa shape index (κ1) is 38.3. The SMILES string of the molecule is [2H]C([2H])([2H])c1cc2c3c(c1)N(c1cc4c(cc1C)C(C)(C)CCC4(C)C)c1cc4c(cc1B3c1cc3c(cc1N2c1ccc2sc5ccccc5c2c1)C(C)(C)CCC3(C)C)C(C)(C)CC4(C)C. The van der Waals surface area contributed by atoms with Crippen molar-refractivity contribution in [1.82, 2.24) is 0 Å². The Hall–Kier alpha value is -4.80. The number of anilines is 6. The van der Waals surface area contributed by atoms with Crippen LogP contribution in [0.4, 0.5) is 34.1 Å². The Balaban J connectivity index is 1.25. The lowest BCUT2D eigenvalue weighted by Gasteiger charge is -2.48. The van der Waals surface area contributed by atoms with E-state index in [1.54, 1.807) is 0 Å². The Morgan fingerprint density at radius 2 is 0.954 bits per heavy atom. The zero-order chi connectivity index (χ0) is 48.2. The van der Waals surface area contributed by atoms with Gasteiger partial charge in [-0.15, -0.1) is 11.3 Å². The number of thiophene rings is 1. The highest BCUT2D eigenvalue weighted by Crippen LogP contribution is 2.56. The predicted molar refractivity (Wildman–Crippen MR) is 284 cm³/mol. The summed E-state index contributed by atoms with van der Waals surface area (Å²) in [6.45, 7) is 28.9. The molecule has 0 fully saturated rings. The number of aryl methyl sites for hydroxylation is 2. The lowest BCUT2D eigenvalue weighted by atomic mass is 9.32. The molecule has 0 amide bonds. The van der Waals surface area contributed by atoms with E-state index >= 15 is 0 Å². The van der Waals surface area contributed by atoms with Gasteiger partial charge >= 0.3 is 0 Å². The van der Waals surface area contributed by atoms with Gasteiger partial charge in [-0.3, -0.25) is 0 Å². The van der Waals surface area contributed by atoms with E-state index in [0.717, 1.165) is 60.5 Å². The van der Waals surface area contributed by atoms with Gasteiger partial charge in [-0.1, -0.05) is 119 Å². The normalized spacial score (nSPS) is 21.7. The van der Waals surface area contributed by atoms with Crippen LogP contribution < -0.4 is 26.2 Å². The molecule has 4 heteroatoms. The molecule has 0 bridgehead atoms. The van der Waals surface area contributed by atoms with Crippen LogP contribution in [0.15, 0.2) is 91.0 Å². The molecule has 0 radical (unpaired) electrons. The fraction of sp³-hybridized carbons (Fsp3) is 0.410. The first-order valence-corrected chi connectivity index (χ1v) is 25.2. The van der Waals surface area contributed by atoms with Crippen molar-refractivity contribution >= 4 is 88.7 Å². The van der Waals surface area contributed by atoms with Crippen LogP contribution in [0.5, 0.6) is 0 Å². The monoisotopic (exact) mass is 874 g/mol. The van der Waals surface area contributed by atoms with Crippen molar-refractivity contribution in [3.63, 3.8) is 0 Å². The van der Waals surface area contributed by atoms with Gasteiger partial charge in [-0.2, -0.15) is 0 Å². The van der Waals surface area contributed by atoms with Crippen molar-refractivity contribution in [3.05, 3.63) is 136 Å². The molecular weight excluding hydrogens is 804 g/mol. The molecule has 0 unspecified atom stereocenters. The molecule has 0 saturated heterocycles. The molecule has 12 rings (SSSR count). The van der Waals surface area contributed by atoms with Gasteiger partial charge in [0.05, 0.1) is 0 Å². The standard InChI is InChI=1S/C61H67BN2S/c1-35-25-51-55-52(26-35)64(48-31-43-40(27-36(48)2)56(3,4)21-23-58(43,7)8)50-33-45-42(60(11,12)34-61(45,13)14)30-47(50)62(55)46-29-41-44(59(9,10)24-22-57(41,5)6)32-49(46)63(51)37-19-20-54-39(28-37)38-17-15-16-18-53(38)65-54/h15-20,25-33H,21-24,34H2,1-14H3/i1D3.